The van der Waals surface area contributed by atoms with Crippen LogP contribution in [0.4, 0.5) is 5.82 Å². The normalized spacial score (nSPS) is 12.0. The number of aldehydes is 1. The molecule has 117 heavy (non-hydrogen) atoms. The number of hydrogen-bond donors (Lipinski definition) is 5. The molecule has 0 bridgehead atoms. The average Bonchev–Trinajstić information content (AvgIpc) is 0.574. The van der Waals surface area contributed by atoms with Crippen LogP contribution in [-0.4, -0.2) is 154 Å². The second-order valence-electron chi connectivity index (χ2n) is 25.7. The lowest BCUT2D eigenvalue weighted by Gasteiger charge is -2.27. The van der Waals surface area contributed by atoms with E-state index in [0.29, 0.717) is 37.7 Å². The van der Waals surface area contributed by atoms with Crippen molar-refractivity contribution in [2.75, 3.05) is 72.9 Å². The fraction of sp³-hybridized carbons (Fsp3) is 0.348. The van der Waals surface area contributed by atoms with Gasteiger partial charge in [0.2, 0.25) is 6.16 Å². The molecule has 626 valence electrons. The number of ketones is 3. The number of aryl methyl sites for hydroxylation is 2. The Labute approximate surface area is 695 Å². The Morgan fingerprint density at radius 3 is 1.39 bits per heavy atom. The van der Waals surface area contributed by atoms with Gasteiger partial charge in [0, 0.05) is 142 Å². The lowest BCUT2D eigenvalue weighted by atomic mass is 9.96. The van der Waals surface area contributed by atoms with Crippen molar-refractivity contribution in [3.05, 3.63) is 258 Å². The zero-order valence-corrected chi connectivity index (χ0v) is 73.3. The van der Waals surface area contributed by atoms with Crippen LogP contribution in [0.2, 0.25) is 0 Å². The first-order valence-corrected chi connectivity index (χ1v) is 42.9. The SMILES string of the molecule is C/C=C/C(CC)c1cnc2ccccc2c1.CC(=O)/C=C/c1cnc2ccccc2c1.CC(=O)CCCc1ccc2c(n1)NCCC2.CC(O)/C=C/c1cnc2ccccc2c1.CCC(CO)c1cnc2ccccc2c1.CCOC(C)(OCC)OCC.CO.CO.CO[P+](=O)CC(C)=O.CO[P+](=O)P.O=Cc1cnc2ccccc2c1. The number of carbonyl (C=O) groups is 4. The van der Waals surface area contributed by atoms with Gasteiger partial charge in [0.1, 0.15) is 11.6 Å². The third-order valence-corrected chi connectivity index (χ3v) is 18.7. The van der Waals surface area contributed by atoms with Gasteiger partial charge in [-0.25, -0.2) is 4.98 Å². The number of hydrogen-bond acceptors (Lipinski definition) is 22. The van der Waals surface area contributed by atoms with Crippen LogP contribution in [0.25, 0.3) is 66.7 Å². The number of aromatic nitrogens is 6. The summed E-state index contributed by atoms with van der Waals surface area (Å²) in [5.41, 5.74) is 12.4. The minimum Gasteiger partial charge on any atom is -0.400 e. The van der Waals surface area contributed by atoms with Crippen LogP contribution in [0, 0.1) is 0 Å². The molecular weight excluding hydrogens is 1540 g/mol. The van der Waals surface area contributed by atoms with Gasteiger partial charge < -0.3 is 44.7 Å². The second-order valence-corrected chi connectivity index (χ2v) is 29.2. The number of carbonyl (C=O) groups excluding carboxylic acids is 4. The van der Waals surface area contributed by atoms with Crippen molar-refractivity contribution in [1.82, 2.24) is 29.9 Å². The Morgan fingerprint density at radius 1 is 0.581 bits per heavy atom. The fourth-order valence-corrected chi connectivity index (χ4v) is 11.4. The van der Waals surface area contributed by atoms with Crippen molar-refractivity contribution >= 4 is 121 Å². The molecule has 12 rings (SSSR count). The summed E-state index contributed by atoms with van der Waals surface area (Å²) in [7, 11) is 3.59. The monoisotopic (exact) mass is 1660 g/mol. The number of nitrogens with zero attached hydrogens (tertiary/aromatic N) is 6. The summed E-state index contributed by atoms with van der Waals surface area (Å²) in [6.45, 7) is 23.2. The molecule has 1 aliphatic heterocycles. The van der Waals surface area contributed by atoms with E-state index in [2.05, 4.69) is 132 Å². The minimum atomic E-state index is -1.72. The third-order valence-electron chi connectivity index (χ3n) is 16.6. The van der Waals surface area contributed by atoms with Crippen molar-refractivity contribution in [3.63, 3.8) is 0 Å². The van der Waals surface area contributed by atoms with E-state index >= 15 is 0 Å². The molecular formula is C92H120N7O15P3+2. The number of nitrogens with one attached hydrogen (secondary N) is 1. The van der Waals surface area contributed by atoms with Crippen molar-refractivity contribution < 1.29 is 72.0 Å². The second kappa shape index (κ2) is 61.6. The van der Waals surface area contributed by atoms with Gasteiger partial charge in [-0.15, -0.1) is 9.05 Å². The number of allylic oxidation sites excluding steroid dienone is 3. The van der Waals surface area contributed by atoms with E-state index in [4.69, 9.17) is 29.5 Å². The third kappa shape index (κ3) is 42.3. The summed E-state index contributed by atoms with van der Waals surface area (Å²) >= 11 is 0. The van der Waals surface area contributed by atoms with E-state index < -0.39 is 27.8 Å². The predicted octanol–water partition coefficient (Wildman–Crippen LogP) is 20.0. The van der Waals surface area contributed by atoms with Crippen LogP contribution in [0.15, 0.2) is 219 Å². The number of rotatable bonds is 25. The Kier molecular flexibility index (Phi) is 54.4. The summed E-state index contributed by atoms with van der Waals surface area (Å²) in [6.07, 6.45) is 27.6. The van der Waals surface area contributed by atoms with Gasteiger partial charge in [-0.05, 0) is 210 Å². The van der Waals surface area contributed by atoms with Gasteiger partial charge in [-0.1, -0.05) is 135 Å². The Bertz CT molecular complexity index is 4810. The molecule has 0 radical (unpaired) electrons. The molecule has 6 aromatic heterocycles. The molecule has 5 N–H and O–H groups in total. The predicted molar refractivity (Wildman–Crippen MR) is 481 cm³/mol. The molecule has 25 heteroatoms. The van der Waals surface area contributed by atoms with Crippen molar-refractivity contribution in [2.24, 2.45) is 0 Å². The van der Waals surface area contributed by atoms with Crippen LogP contribution in [0.1, 0.15) is 164 Å². The van der Waals surface area contributed by atoms with Crippen LogP contribution in [0.3, 0.4) is 0 Å². The first-order chi connectivity index (χ1) is 56.5. The van der Waals surface area contributed by atoms with Crippen LogP contribution in [-0.2, 0) is 59.6 Å². The quantitative estimate of drug-likeness (QED) is 0.0117. The summed E-state index contributed by atoms with van der Waals surface area (Å²) < 4.78 is 44.4. The Balaban J connectivity index is 0.000000449. The first kappa shape index (κ1) is 103. The van der Waals surface area contributed by atoms with Crippen LogP contribution < -0.4 is 5.32 Å². The van der Waals surface area contributed by atoms with Crippen LogP contribution in [0.5, 0.6) is 0 Å². The molecule has 1 aliphatic rings. The summed E-state index contributed by atoms with van der Waals surface area (Å²) in [5, 5.41) is 41.2. The van der Waals surface area contributed by atoms with Crippen molar-refractivity contribution in [3.8, 4) is 0 Å². The van der Waals surface area contributed by atoms with Gasteiger partial charge in [-0.2, -0.15) is 0 Å². The molecule has 5 aromatic carbocycles. The van der Waals surface area contributed by atoms with Crippen molar-refractivity contribution in [2.45, 2.75) is 145 Å². The fourth-order valence-electron chi connectivity index (χ4n) is 10.9. The molecule has 6 atom stereocenters. The van der Waals surface area contributed by atoms with E-state index in [9.17, 15) is 33.4 Å². The van der Waals surface area contributed by atoms with Gasteiger partial charge >= 0.3 is 15.7 Å². The lowest BCUT2D eigenvalue weighted by molar-refractivity contribution is -0.365. The van der Waals surface area contributed by atoms with E-state index in [1.54, 1.807) is 57.6 Å². The largest absolute Gasteiger partial charge is 0.516 e. The summed E-state index contributed by atoms with van der Waals surface area (Å²) in [4.78, 5) is 68.4. The summed E-state index contributed by atoms with van der Waals surface area (Å²) in [6, 6.07) is 54.4. The van der Waals surface area contributed by atoms with E-state index in [0.717, 1.165) is 136 Å². The van der Waals surface area contributed by atoms with Gasteiger partial charge in [0.15, 0.2) is 26.8 Å². The number of aliphatic hydroxyl groups is 4. The topological polar surface area (TPSA) is 319 Å². The highest BCUT2D eigenvalue weighted by atomic mass is 32.0. The smallest absolute Gasteiger partial charge is 0.400 e. The van der Waals surface area contributed by atoms with Gasteiger partial charge in [-0.3, -0.25) is 39.3 Å². The Hall–Kier alpha value is -9.73. The number of ether oxygens (including phenoxy) is 3. The van der Waals surface area contributed by atoms with Gasteiger partial charge in [0.05, 0.1) is 47.9 Å². The van der Waals surface area contributed by atoms with Gasteiger partial charge in [0.25, 0.3) is 5.97 Å². The molecule has 0 spiro atoms. The van der Waals surface area contributed by atoms with Crippen molar-refractivity contribution in [1.29, 1.82) is 0 Å². The zero-order valence-electron chi connectivity index (χ0n) is 70.4. The molecule has 7 heterocycles. The summed E-state index contributed by atoms with van der Waals surface area (Å²) in [5.74, 6) is 1.10. The molecule has 11 aromatic rings. The maximum Gasteiger partial charge on any atom is 0.516 e. The van der Waals surface area contributed by atoms with Crippen LogP contribution >= 0.6 is 24.7 Å². The molecule has 6 unspecified atom stereocenters. The highest BCUT2D eigenvalue weighted by Crippen LogP contribution is 2.29. The molecule has 0 aliphatic carbocycles. The number of pyridine rings is 6. The number of anilines is 1. The number of aliphatic hydroxyl groups excluding tert-OH is 4. The molecule has 0 saturated carbocycles. The van der Waals surface area contributed by atoms with E-state index in [1.807, 2.05) is 157 Å². The zero-order chi connectivity index (χ0) is 86.8. The number of Topliss-reactive ketones (excluding diaryl/α,β-unsaturated/α-hetero) is 2. The molecule has 0 saturated heterocycles. The maximum absolute atomic E-state index is 10.8. The lowest BCUT2D eigenvalue weighted by Crippen LogP contribution is -2.35. The maximum atomic E-state index is 10.8. The molecule has 0 fully saturated rings. The standard InChI is InChI=1S/C15H17N.C13H18N2O.C13H13NO.C13H11NO.C13H15NO.C10H7NO.C8H18O3.C4H8O3P.CH5O2P2.2CH4O/c1-3-7-12(4-2)14-10-13-8-5-6-9-15(13)16-11-14;1-10(16)4-2-6-12-8-7-11-5-3-9-14-13(11)15-12;2*1-10(15)6-7-11-8-12-4-2-3-5-13(12)14-9-11;1-2-10(9-15)12-7-11-5-3-4-6-13(11)14-8-12;12-7-8-5-9-3-1-2-4-10(9)11-6-8;1-5-9-8(4,10-6-2)11-7-3;1-4(5)3-8(6)7-2;1-3-5(2)4;2*1-2/h3,5-12H,4H2,1-2H3;7-8H,2-6,9H2,1H3,(H,14,15);2-10,15H,1H3;2-9H,1H3;3-8,10,15H,2,9H2,1H3;1-7H;5-7H2,1-4H3;3H2,1-2H3;4H2,1H3;2*2H,1H3/q;;;;;;;2*+1;;/b7-3+;;2*7-6+;;;;;;;. The van der Waals surface area contributed by atoms with E-state index in [-0.39, 0.29) is 36.0 Å². The number of para-hydroxylation sites is 5. The van der Waals surface area contributed by atoms with E-state index in [1.165, 1.54) is 51.0 Å². The molecule has 0 amide bonds. The minimum absolute atomic E-state index is 0.0336. The average molecular weight is 1660 g/mol. The first-order valence-electron chi connectivity index (χ1n) is 38.7. The molecule has 22 nitrogen and oxygen atoms in total. The number of fused-ring (bicyclic) bond motifs is 6. The number of benzene rings is 5. The highest BCUT2D eigenvalue weighted by Gasteiger charge is 2.25. The Morgan fingerprint density at radius 2 is 1.01 bits per heavy atom. The highest BCUT2D eigenvalue weighted by molar-refractivity contribution is 8.03.